The fraction of sp³-hybridized carbons (Fsp3) is 0.182. The van der Waals surface area contributed by atoms with E-state index in [1.54, 1.807) is 24.4 Å². The molecular weight excluding hydrogens is 284 g/mol. The molecule has 0 bridgehead atoms. The zero-order valence-corrected chi connectivity index (χ0v) is 10.8. The van der Waals surface area contributed by atoms with E-state index in [0.717, 1.165) is 5.82 Å². The third kappa shape index (κ3) is 2.91. The van der Waals surface area contributed by atoms with Gasteiger partial charge in [-0.3, -0.25) is 4.79 Å². The van der Waals surface area contributed by atoms with Gasteiger partial charge >= 0.3 is 0 Å². The average molecular weight is 295 g/mol. The summed E-state index contributed by atoms with van der Waals surface area (Å²) in [6.45, 7) is 0.385. The topological polar surface area (TPSA) is 59.8 Å². The van der Waals surface area contributed by atoms with E-state index >= 15 is 0 Å². The van der Waals surface area contributed by atoms with E-state index in [9.17, 15) is 4.79 Å². The van der Waals surface area contributed by atoms with Crippen LogP contribution in [-0.2, 0) is 13.6 Å². The molecule has 2 aromatic heterocycles. The van der Waals surface area contributed by atoms with Crippen molar-refractivity contribution in [1.82, 2.24) is 19.9 Å². The molecule has 2 aromatic rings. The van der Waals surface area contributed by atoms with Gasteiger partial charge in [0.15, 0.2) is 0 Å². The first-order chi connectivity index (χ1) is 8.16. The summed E-state index contributed by atoms with van der Waals surface area (Å²) in [5, 5.41) is 2.76. The number of aryl methyl sites for hydroxylation is 1. The fourth-order valence-electron chi connectivity index (χ4n) is 1.35. The molecule has 0 aliphatic heterocycles. The van der Waals surface area contributed by atoms with Gasteiger partial charge in [0.05, 0.1) is 6.54 Å². The van der Waals surface area contributed by atoms with Gasteiger partial charge in [0.2, 0.25) is 0 Å². The molecule has 6 heteroatoms. The van der Waals surface area contributed by atoms with Crippen LogP contribution < -0.4 is 5.32 Å². The monoisotopic (exact) mass is 294 g/mol. The van der Waals surface area contributed by atoms with Gasteiger partial charge in [-0.15, -0.1) is 0 Å². The Morgan fingerprint density at radius 2 is 2.35 bits per heavy atom. The minimum Gasteiger partial charge on any atom is -0.343 e. The maximum Gasteiger partial charge on any atom is 0.270 e. The van der Waals surface area contributed by atoms with Crippen molar-refractivity contribution in [2.24, 2.45) is 7.05 Å². The standard InChI is InChI=1S/C11H11BrN4O/c1-16-6-5-13-10(16)7-14-11(17)8-3-2-4-9(12)15-8/h2-6H,7H2,1H3,(H,14,17). The van der Waals surface area contributed by atoms with Crippen molar-refractivity contribution in [1.29, 1.82) is 0 Å². The Kier molecular flexibility index (Phi) is 3.53. The molecule has 0 radical (unpaired) electrons. The number of halogens is 1. The maximum atomic E-state index is 11.8. The van der Waals surface area contributed by atoms with Crippen LogP contribution in [0.3, 0.4) is 0 Å². The lowest BCUT2D eigenvalue weighted by Crippen LogP contribution is -2.25. The average Bonchev–Trinajstić information content (AvgIpc) is 2.72. The number of pyridine rings is 1. The first kappa shape index (κ1) is 11.8. The second-order valence-electron chi connectivity index (χ2n) is 3.48. The van der Waals surface area contributed by atoms with Crippen LogP contribution in [0, 0.1) is 0 Å². The van der Waals surface area contributed by atoms with Crippen molar-refractivity contribution in [3.05, 3.63) is 46.7 Å². The number of carbonyl (C=O) groups excluding carboxylic acids is 1. The SMILES string of the molecule is Cn1ccnc1CNC(=O)c1cccc(Br)n1. The predicted octanol–water partition coefficient (Wildman–Crippen LogP) is 1.51. The molecular formula is C11H11BrN4O. The van der Waals surface area contributed by atoms with Crippen molar-refractivity contribution >= 4 is 21.8 Å². The minimum absolute atomic E-state index is 0.214. The van der Waals surface area contributed by atoms with Crippen LogP contribution in [0.25, 0.3) is 0 Å². The van der Waals surface area contributed by atoms with Crippen LogP contribution in [0.2, 0.25) is 0 Å². The summed E-state index contributed by atoms with van der Waals surface area (Å²) >= 11 is 3.22. The molecule has 0 aromatic carbocycles. The number of nitrogens with zero attached hydrogens (tertiary/aromatic N) is 3. The van der Waals surface area contributed by atoms with E-state index in [-0.39, 0.29) is 5.91 Å². The molecule has 5 nitrogen and oxygen atoms in total. The van der Waals surface area contributed by atoms with Gasteiger partial charge in [-0.1, -0.05) is 6.07 Å². The van der Waals surface area contributed by atoms with Crippen LogP contribution in [0.15, 0.2) is 35.2 Å². The third-order valence-electron chi connectivity index (χ3n) is 2.28. The van der Waals surface area contributed by atoms with Gasteiger partial charge in [0.25, 0.3) is 5.91 Å². The Morgan fingerprint density at radius 3 is 3.00 bits per heavy atom. The number of imidazole rings is 1. The highest BCUT2D eigenvalue weighted by Crippen LogP contribution is 2.06. The van der Waals surface area contributed by atoms with E-state index in [2.05, 4.69) is 31.2 Å². The lowest BCUT2D eigenvalue weighted by molar-refractivity contribution is 0.0944. The number of aromatic nitrogens is 3. The quantitative estimate of drug-likeness (QED) is 0.873. The molecule has 17 heavy (non-hydrogen) atoms. The molecule has 0 saturated carbocycles. The first-order valence-corrected chi connectivity index (χ1v) is 5.83. The Morgan fingerprint density at radius 1 is 1.53 bits per heavy atom. The largest absolute Gasteiger partial charge is 0.343 e. The highest BCUT2D eigenvalue weighted by Gasteiger charge is 2.08. The predicted molar refractivity (Wildman–Crippen MR) is 66.3 cm³/mol. The highest BCUT2D eigenvalue weighted by molar-refractivity contribution is 9.10. The normalized spacial score (nSPS) is 10.2. The molecule has 0 saturated heterocycles. The number of hydrogen-bond donors (Lipinski definition) is 1. The lowest BCUT2D eigenvalue weighted by atomic mass is 10.3. The number of rotatable bonds is 3. The van der Waals surface area contributed by atoms with E-state index in [1.165, 1.54) is 0 Å². The Bertz CT molecular complexity index is 538. The van der Waals surface area contributed by atoms with Crippen molar-refractivity contribution in [2.75, 3.05) is 0 Å². The van der Waals surface area contributed by atoms with Gasteiger partial charge < -0.3 is 9.88 Å². The fourth-order valence-corrected chi connectivity index (χ4v) is 1.70. The second-order valence-corrected chi connectivity index (χ2v) is 4.30. The molecule has 2 heterocycles. The molecule has 0 fully saturated rings. The van der Waals surface area contributed by atoms with E-state index < -0.39 is 0 Å². The summed E-state index contributed by atoms with van der Waals surface area (Å²) in [6, 6.07) is 5.21. The summed E-state index contributed by atoms with van der Waals surface area (Å²) in [5.41, 5.74) is 0.383. The summed E-state index contributed by atoms with van der Waals surface area (Å²) in [4.78, 5) is 20.0. The molecule has 0 spiro atoms. The van der Waals surface area contributed by atoms with Crippen LogP contribution in [0.5, 0.6) is 0 Å². The Labute approximate surface area is 107 Å². The molecule has 1 N–H and O–H groups in total. The second kappa shape index (κ2) is 5.09. The molecule has 0 atom stereocenters. The Hall–Kier alpha value is -1.69. The van der Waals surface area contributed by atoms with Gasteiger partial charge in [0.1, 0.15) is 16.1 Å². The number of amides is 1. The summed E-state index contributed by atoms with van der Waals surface area (Å²) in [5.74, 6) is 0.586. The minimum atomic E-state index is -0.214. The molecule has 88 valence electrons. The number of nitrogens with one attached hydrogen (secondary N) is 1. The lowest BCUT2D eigenvalue weighted by Gasteiger charge is -2.04. The van der Waals surface area contributed by atoms with Crippen molar-refractivity contribution in [3.63, 3.8) is 0 Å². The zero-order valence-electron chi connectivity index (χ0n) is 9.22. The molecule has 0 unspecified atom stereocenters. The van der Waals surface area contributed by atoms with Crippen molar-refractivity contribution in [2.45, 2.75) is 6.54 Å². The molecule has 1 amide bonds. The summed E-state index contributed by atoms with van der Waals surface area (Å²) in [6.07, 6.45) is 3.53. The zero-order chi connectivity index (χ0) is 12.3. The van der Waals surface area contributed by atoms with Crippen molar-refractivity contribution < 1.29 is 4.79 Å². The Balaban J connectivity index is 2.01. The maximum absolute atomic E-state index is 11.8. The number of carbonyl (C=O) groups is 1. The first-order valence-electron chi connectivity index (χ1n) is 5.04. The summed E-state index contributed by atoms with van der Waals surface area (Å²) < 4.78 is 2.50. The van der Waals surface area contributed by atoms with Gasteiger partial charge in [-0.2, -0.15) is 0 Å². The van der Waals surface area contributed by atoms with Crippen LogP contribution >= 0.6 is 15.9 Å². The van der Waals surface area contributed by atoms with Crippen LogP contribution in [0.1, 0.15) is 16.3 Å². The smallest absolute Gasteiger partial charge is 0.270 e. The van der Waals surface area contributed by atoms with Crippen molar-refractivity contribution in [3.8, 4) is 0 Å². The molecule has 2 rings (SSSR count). The van der Waals surface area contributed by atoms with E-state index in [4.69, 9.17) is 0 Å². The third-order valence-corrected chi connectivity index (χ3v) is 2.72. The van der Waals surface area contributed by atoms with E-state index in [1.807, 2.05) is 17.8 Å². The van der Waals surface area contributed by atoms with Gasteiger partial charge in [-0.05, 0) is 28.1 Å². The van der Waals surface area contributed by atoms with Crippen LogP contribution in [0.4, 0.5) is 0 Å². The highest BCUT2D eigenvalue weighted by atomic mass is 79.9. The van der Waals surface area contributed by atoms with Crippen LogP contribution in [-0.4, -0.2) is 20.4 Å². The molecule has 0 aliphatic carbocycles. The summed E-state index contributed by atoms with van der Waals surface area (Å²) in [7, 11) is 1.88. The molecule has 0 aliphatic rings. The van der Waals surface area contributed by atoms with Gasteiger partial charge in [-0.25, -0.2) is 9.97 Å². The van der Waals surface area contributed by atoms with Gasteiger partial charge in [0, 0.05) is 19.4 Å². The van der Waals surface area contributed by atoms with E-state index in [0.29, 0.717) is 16.8 Å². The number of hydrogen-bond acceptors (Lipinski definition) is 3.